The number of piperidine rings is 1. The molecule has 2 amide bonds. The van der Waals surface area contributed by atoms with Crippen molar-refractivity contribution in [2.75, 3.05) is 18.8 Å². The number of benzene rings is 2. The van der Waals surface area contributed by atoms with E-state index in [1.54, 1.807) is 4.90 Å². The van der Waals surface area contributed by atoms with Crippen molar-refractivity contribution in [3.8, 4) is 22.8 Å². The second kappa shape index (κ2) is 9.87. The molecule has 1 atom stereocenters. The maximum absolute atomic E-state index is 12.5. The van der Waals surface area contributed by atoms with E-state index in [-0.39, 0.29) is 11.9 Å². The van der Waals surface area contributed by atoms with E-state index in [4.69, 9.17) is 21.3 Å². The molecule has 0 saturated carbocycles. The molecule has 0 aliphatic carbocycles. The minimum atomic E-state index is -0.660. The summed E-state index contributed by atoms with van der Waals surface area (Å²) in [5.74, 6) is 0.854. The van der Waals surface area contributed by atoms with Crippen molar-refractivity contribution in [2.45, 2.75) is 18.9 Å². The summed E-state index contributed by atoms with van der Waals surface area (Å²) >= 11 is 0. The number of aromatic nitrogens is 4. The highest BCUT2D eigenvalue weighted by atomic mass is 16.5. The fourth-order valence-corrected chi connectivity index (χ4v) is 4.37. The highest BCUT2D eigenvalue weighted by Crippen LogP contribution is 2.34. The second-order valence-electron chi connectivity index (χ2n) is 8.51. The molecule has 2 aromatic heterocycles. The Hall–Kier alpha value is -4.73. The zero-order valence-corrected chi connectivity index (χ0v) is 19.4. The van der Waals surface area contributed by atoms with Crippen molar-refractivity contribution in [3.63, 3.8) is 0 Å². The van der Waals surface area contributed by atoms with Gasteiger partial charge in [-0.3, -0.25) is 9.59 Å². The Morgan fingerprint density at radius 2 is 1.75 bits per heavy atom. The number of primary amides is 1. The minimum absolute atomic E-state index is 0.115. The third-order valence-electron chi connectivity index (χ3n) is 6.07. The predicted octanol–water partition coefficient (Wildman–Crippen LogP) is 3.07. The largest absolute Gasteiger partial charge is 0.457 e. The highest BCUT2D eigenvalue weighted by molar-refractivity contribution is 5.98. The number of anilines is 1. The summed E-state index contributed by atoms with van der Waals surface area (Å²) in [5.41, 5.74) is 13.5. The van der Waals surface area contributed by atoms with Gasteiger partial charge in [-0.15, -0.1) is 0 Å². The normalized spacial score (nSPS) is 15.9. The first-order valence-corrected chi connectivity index (χ1v) is 11.6. The van der Waals surface area contributed by atoms with Gasteiger partial charge in [0.15, 0.2) is 5.65 Å². The number of fused-ring (bicyclic) bond motifs is 1. The maximum Gasteiger partial charge on any atom is 0.246 e. The number of carbonyl (C=O) groups excluding carboxylic acids is 2. The van der Waals surface area contributed by atoms with Gasteiger partial charge in [-0.2, -0.15) is 5.10 Å². The van der Waals surface area contributed by atoms with Crippen LogP contribution < -0.4 is 16.2 Å². The molecule has 4 N–H and O–H groups in total. The van der Waals surface area contributed by atoms with Crippen molar-refractivity contribution >= 4 is 28.7 Å². The molecular formula is C26H25N7O3. The van der Waals surface area contributed by atoms with E-state index < -0.39 is 5.91 Å². The number of hydrogen-bond donors (Lipinski definition) is 2. The first-order chi connectivity index (χ1) is 17.5. The Morgan fingerprint density at radius 3 is 2.50 bits per heavy atom. The van der Waals surface area contributed by atoms with Gasteiger partial charge >= 0.3 is 0 Å². The second-order valence-corrected chi connectivity index (χ2v) is 8.51. The standard InChI is InChI=1S/C26H25N7O3/c27-21(34)12-13-22(35)32-14-4-5-18(15-32)33-26-23(25(28)29-16-30-26)24(31-33)17-8-10-20(11-9-17)36-19-6-2-1-3-7-19/h1-3,6-13,16,18H,4-5,14-15H2,(H2,27,34)(H2,28,29,30)/b13-12+/t18-/m1/s1. The number of para-hydroxylation sites is 1. The smallest absolute Gasteiger partial charge is 0.246 e. The Morgan fingerprint density at radius 1 is 1.00 bits per heavy atom. The molecule has 0 bridgehead atoms. The van der Waals surface area contributed by atoms with Crippen LogP contribution in [0.15, 0.2) is 73.1 Å². The summed E-state index contributed by atoms with van der Waals surface area (Å²) < 4.78 is 7.73. The van der Waals surface area contributed by atoms with Crippen LogP contribution in [0.1, 0.15) is 18.9 Å². The zero-order chi connectivity index (χ0) is 25.1. The first-order valence-electron chi connectivity index (χ1n) is 11.6. The van der Waals surface area contributed by atoms with Crippen LogP contribution in [0.3, 0.4) is 0 Å². The van der Waals surface area contributed by atoms with E-state index in [1.807, 2.05) is 59.3 Å². The molecule has 182 valence electrons. The fourth-order valence-electron chi connectivity index (χ4n) is 4.37. The van der Waals surface area contributed by atoms with Crippen LogP contribution in [-0.2, 0) is 9.59 Å². The number of nitrogens with two attached hydrogens (primary N) is 2. The molecule has 0 radical (unpaired) electrons. The van der Waals surface area contributed by atoms with E-state index in [1.165, 1.54) is 12.4 Å². The third-order valence-corrected chi connectivity index (χ3v) is 6.07. The lowest BCUT2D eigenvalue weighted by atomic mass is 10.1. The average molecular weight is 484 g/mol. The molecule has 1 saturated heterocycles. The van der Waals surface area contributed by atoms with Crippen molar-refractivity contribution in [1.29, 1.82) is 0 Å². The van der Waals surface area contributed by atoms with Crippen LogP contribution in [-0.4, -0.2) is 49.6 Å². The molecule has 1 aliphatic rings. The van der Waals surface area contributed by atoms with Gasteiger partial charge in [0.2, 0.25) is 11.8 Å². The van der Waals surface area contributed by atoms with Crippen LogP contribution in [0.5, 0.6) is 11.5 Å². The van der Waals surface area contributed by atoms with Gasteiger partial charge in [0.1, 0.15) is 29.3 Å². The number of likely N-dealkylation sites (tertiary alicyclic amines) is 1. The van der Waals surface area contributed by atoms with Gasteiger partial charge in [-0.05, 0) is 49.2 Å². The molecule has 2 aromatic carbocycles. The summed E-state index contributed by atoms with van der Waals surface area (Å²) in [6.07, 6.45) is 5.29. The molecule has 4 aromatic rings. The lowest BCUT2D eigenvalue weighted by Gasteiger charge is -2.32. The van der Waals surface area contributed by atoms with Gasteiger partial charge in [0.25, 0.3) is 0 Å². The lowest BCUT2D eigenvalue weighted by molar-refractivity contribution is -0.128. The van der Waals surface area contributed by atoms with Crippen molar-refractivity contribution in [1.82, 2.24) is 24.6 Å². The van der Waals surface area contributed by atoms with Crippen molar-refractivity contribution < 1.29 is 14.3 Å². The van der Waals surface area contributed by atoms with Crippen LogP contribution in [0.2, 0.25) is 0 Å². The van der Waals surface area contributed by atoms with E-state index in [2.05, 4.69) is 9.97 Å². The molecule has 0 spiro atoms. The van der Waals surface area contributed by atoms with Gasteiger partial charge in [-0.1, -0.05) is 18.2 Å². The van der Waals surface area contributed by atoms with Crippen LogP contribution in [0.4, 0.5) is 5.82 Å². The summed E-state index contributed by atoms with van der Waals surface area (Å²) in [6, 6.07) is 17.0. The topological polar surface area (TPSA) is 142 Å². The number of amides is 2. The van der Waals surface area contributed by atoms with Gasteiger partial charge in [-0.25, -0.2) is 14.6 Å². The van der Waals surface area contributed by atoms with E-state index in [9.17, 15) is 9.59 Å². The molecule has 36 heavy (non-hydrogen) atoms. The van der Waals surface area contributed by atoms with Gasteiger partial charge < -0.3 is 21.1 Å². The maximum atomic E-state index is 12.5. The zero-order valence-electron chi connectivity index (χ0n) is 19.4. The van der Waals surface area contributed by atoms with Crippen LogP contribution >= 0.6 is 0 Å². The molecule has 3 heterocycles. The number of rotatable bonds is 6. The monoisotopic (exact) mass is 483 g/mol. The predicted molar refractivity (Wildman–Crippen MR) is 135 cm³/mol. The summed E-state index contributed by atoms with van der Waals surface area (Å²) in [4.78, 5) is 33.9. The Bertz CT molecular complexity index is 1430. The van der Waals surface area contributed by atoms with Crippen LogP contribution in [0.25, 0.3) is 22.3 Å². The summed E-state index contributed by atoms with van der Waals surface area (Å²) in [6.45, 7) is 1.01. The van der Waals surface area contributed by atoms with Gasteiger partial charge in [0, 0.05) is 30.8 Å². The van der Waals surface area contributed by atoms with E-state index >= 15 is 0 Å². The Kier molecular flexibility index (Phi) is 6.31. The molecular weight excluding hydrogens is 458 g/mol. The molecule has 0 unspecified atom stereocenters. The average Bonchev–Trinajstić information content (AvgIpc) is 3.29. The molecule has 5 rings (SSSR count). The van der Waals surface area contributed by atoms with E-state index in [0.29, 0.717) is 41.4 Å². The lowest BCUT2D eigenvalue weighted by Crippen LogP contribution is -2.40. The van der Waals surface area contributed by atoms with Crippen molar-refractivity contribution in [2.24, 2.45) is 5.73 Å². The molecule has 1 fully saturated rings. The highest BCUT2D eigenvalue weighted by Gasteiger charge is 2.28. The molecule has 1 aliphatic heterocycles. The Labute approximate surface area is 207 Å². The summed E-state index contributed by atoms with van der Waals surface area (Å²) in [7, 11) is 0. The quantitative estimate of drug-likeness (QED) is 0.401. The summed E-state index contributed by atoms with van der Waals surface area (Å²) in [5, 5.41) is 5.55. The minimum Gasteiger partial charge on any atom is -0.457 e. The van der Waals surface area contributed by atoms with Gasteiger partial charge in [0.05, 0.1) is 11.4 Å². The number of nitrogens with zero attached hydrogens (tertiary/aromatic N) is 5. The third kappa shape index (κ3) is 4.74. The van der Waals surface area contributed by atoms with Crippen molar-refractivity contribution in [3.05, 3.63) is 73.1 Å². The van der Waals surface area contributed by atoms with E-state index in [0.717, 1.165) is 30.2 Å². The van der Waals surface area contributed by atoms with Crippen LogP contribution in [0, 0.1) is 0 Å². The SMILES string of the molecule is NC(=O)/C=C/C(=O)N1CCC[C@@H](n2nc(-c3ccc(Oc4ccccc4)cc3)c3c(N)ncnc32)C1. The molecule has 10 nitrogen and oxygen atoms in total. The number of hydrogen-bond acceptors (Lipinski definition) is 7. The number of carbonyl (C=O) groups is 2. The molecule has 10 heteroatoms. The Balaban J connectivity index is 1.45. The fraction of sp³-hybridized carbons (Fsp3) is 0.192. The number of ether oxygens (including phenoxy) is 1. The first kappa shape index (κ1) is 23.0. The number of nitrogen functional groups attached to an aromatic ring is 1.